The van der Waals surface area contributed by atoms with Crippen LogP contribution in [-0.4, -0.2) is 35.9 Å². The number of carbonyl (C=O) groups is 1. The highest BCUT2D eigenvalue weighted by Gasteiger charge is 2.44. The molecule has 4 heteroatoms. The number of aliphatic hydroxyl groups excluding tert-OH is 1. The second-order valence-electron chi connectivity index (χ2n) is 5.80. The lowest BCUT2D eigenvalue weighted by Crippen LogP contribution is -2.40. The Bertz CT molecular complexity index is 462. The largest absolute Gasteiger partial charge is 0.391 e. The van der Waals surface area contributed by atoms with E-state index in [0.717, 1.165) is 24.8 Å². The Balaban J connectivity index is 1.44. The van der Waals surface area contributed by atoms with Crippen LogP contribution in [0.5, 0.6) is 0 Å². The van der Waals surface area contributed by atoms with Gasteiger partial charge in [-0.15, -0.1) is 0 Å². The monoisotopic (exact) mass is 275 g/mol. The van der Waals surface area contributed by atoms with E-state index in [4.69, 9.17) is 4.74 Å². The van der Waals surface area contributed by atoms with Gasteiger partial charge >= 0.3 is 0 Å². The molecule has 4 unspecified atom stereocenters. The highest BCUT2D eigenvalue weighted by Crippen LogP contribution is 2.38. The summed E-state index contributed by atoms with van der Waals surface area (Å²) in [6.07, 6.45) is 3.33. The summed E-state index contributed by atoms with van der Waals surface area (Å²) >= 11 is 0. The van der Waals surface area contributed by atoms with Gasteiger partial charge in [0.1, 0.15) is 0 Å². The van der Waals surface area contributed by atoms with Crippen LogP contribution in [0, 0.1) is 5.92 Å². The quantitative estimate of drug-likeness (QED) is 0.851. The third-order valence-corrected chi connectivity index (χ3v) is 4.27. The molecule has 1 amide bonds. The lowest BCUT2D eigenvalue weighted by atomic mass is 9.88. The van der Waals surface area contributed by atoms with E-state index in [-0.39, 0.29) is 24.0 Å². The molecule has 3 rings (SSSR count). The van der Waals surface area contributed by atoms with Crippen LogP contribution in [0.1, 0.15) is 24.8 Å². The first kappa shape index (κ1) is 13.6. The maximum atomic E-state index is 12.1. The number of amides is 1. The zero-order valence-electron chi connectivity index (χ0n) is 11.5. The first-order valence-electron chi connectivity index (χ1n) is 7.37. The van der Waals surface area contributed by atoms with Gasteiger partial charge in [0.25, 0.3) is 0 Å². The van der Waals surface area contributed by atoms with Gasteiger partial charge in [-0.25, -0.2) is 0 Å². The molecule has 20 heavy (non-hydrogen) atoms. The molecule has 2 heterocycles. The molecule has 2 aliphatic heterocycles. The topological polar surface area (TPSA) is 58.6 Å². The van der Waals surface area contributed by atoms with Gasteiger partial charge in [0.2, 0.25) is 5.91 Å². The summed E-state index contributed by atoms with van der Waals surface area (Å²) in [5.74, 6) is 0.0157. The molecule has 0 aromatic heterocycles. The van der Waals surface area contributed by atoms with E-state index in [1.807, 2.05) is 30.3 Å². The summed E-state index contributed by atoms with van der Waals surface area (Å²) in [6, 6.07) is 9.82. The van der Waals surface area contributed by atoms with E-state index in [0.29, 0.717) is 13.0 Å². The number of rotatable bonds is 5. The molecule has 2 aliphatic rings. The lowest BCUT2D eigenvalue weighted by Gasteiger charge is -2.19. The van der Waals surface area contributed by atoms with Gasteiger partial charge in [-0.3, -0.25) is 4.79 Å². The van der Waals surface area contributed by atoms with Gasteiger partial charge in [0, 0.05) is 13.0 Å². The predicted molar refractivity (Wildman–Crippen MR) is 75.2 cm³/mol. The van der Waals surface area contributed by atoms with Gasteiger partial charge < -0.3 is 15.2 Å². The second kappa shape index (κ2) is 5.94. The molecule has 2 bridgehead atoms. The van der Waals surface area contributed by atoms with E-state index in [9.17, 15) is 9.90 Å². The van der Waals surface area contributed by atoms with Crippen LogP contribution in [0.4, 0.5) is 0 Å². The van der Waals surface area contributed by atoms with Gasteiger partial charge in [-0.1, -0.05) is 30.3 Å². The zero-order valence-corrected chi connectivity index (χ0v) is 11.5. The van der Waals surface area contributed by atoms with Gasteiger partial charge in [0.15, 0.2) is 0 Å². The standard InChI is InChI=1S/C16H21NO3/c18-12(8-11-4-2-1-3-5-11)10-17-16(19)14-9-13-6-7-15(14)20-13/h1-5,12-15,18H,6-10H2,(H,17,19). The minimum atomic E-state index is -0.541. The molecule has 1 aromatic carbocycles. The fourth-order valence-electron chi connectivity index (χ4n) is 3.22. The zero-order chi connectivity index (χ0) is 13.9. The van der Waals surface area contributed by atoms with E-state index >= 15 is 0 Å². The summed E-state index contributed by atoms with van der Waals surface area (Å²) < 4.78 is 5.69. The molecule has 0 saturated carbocycles. The first-order chi connectivity index (χ1) is 9.72. The van der Waals surface area contributed by atoms with Crippen molar-refractivity contribution in [1.29, 1.82) is 0 Å². The summed E-state index contributed by atoms with van der Waals surface area (Å²) in [6.45, 7) is 0.307. The van der Waals surface area contributed by atoms with Crippen molar-refractivity contribution in [2.75, 3.05) is 6.54 Å². The number of hydrogen-bond donors (Lipinski definition) is 2. The van der Waals surface area contributed by atoms with Crippen LogP contribution < -0.4 is 5.32 Å². The van der Waals surface area contributed by atoms with Crippen LogP contribution in [0.2, 0.25) is 0 Å². The van der Waals surface area contributed by atoms with Crippen molar-refractivity contribution in [3.8, 4) is 0 Å². The predicted octanol–water partition coefficient (Wildman–Crippen LogP) is 1.27. The summed E-state index contributed by atoms with van der Waals surface area (Å²) in [7, 11) is 0. The second-order valence-corrected chi connectivity index (χ2v) is 5.80. The van der Waals surface area contributed by atoms with Crippen molar-refractivity contribution in [2.24, 2.45) is 5.92 Å². The fraction of sp³-hybridized carbons (Fsp3) is 0.562. The first-order valence-corrected chi connectivity index (χ1v) is 7.37. The molecular weight excluding hydrogens is 254 g/mol. The molecule has 2 N–H and O–H groups in total. The Kier molecular flexibility index (Phi) is 4.03. The number of fused-ring (bicyclic) bond motifs is 2. The van der Waals surface area contributed by atoms with Crippen LogP contribution >= 0.6 is 0 Å². The Labute approximate surface area is 119 Å². The molecule has 2 fully saturated rings. The number of ether oxygens (including phenoxy) is 1. The van der Waals surface area contributed by atoms with Gasteiger partial charge in [-0.05, 0) is 24.8 Å². The highest BCUT2D eigenvalue weighted by molar-refractivity contribution is 5.79. The van der Waals surface area contributed by atoms with E-state index in [1.54, 1.807) is 0 Å². The number of aliphatic hydroxyl groups is 1. The minimum Gasteiger partial charge on any atom is -0.391 e. The smallest absolute Gasteiger partial charge is 0.225 e. The van der Waals surface area contributed by atoms with Crippen LogP contribution in [0.15, 0.2) is 30.3 Å². The molecular formula is C16H21NO3. The van der Waals surface area contributed by atoms with Crippen molar-refractivity contribution in [2.45, 2.75) is 44.0 Å². The van der Waals surface area contributed by atoms with Crippen molar-refractivity contribution in [3.63, 3.8) is 0 Å². The number of benzene rings is 1. The average Bonchev–Trinajstić information content (AvgIpc) is 3.08. The maximum Gasteiger partial charge on any atom is 0.225 e. The van der Waals surface area contributed by atoms with E-state index < -0.39 is 6.10 Å². The van der Waals surface area contributed by atoms with Gasteiger partial charge in [0.05, 0.1) is 24.2 Å². The molecule has 2 saturated heterocycles. The third kappa shape index (κ3) is 3.02. The van der Waals surface area contributed by atoms with Gasteiger partial charge in [-0.2, -0.15) is 0 Å². The van der Waals surface area contributed by atoms with Crippen LogP contribution in [-0.2, 0) is 16.0 Å². The Morgan fingerprint density at radius 1 is 1.35 bits per heavy atom. The average molecular weight is 275 g/mol. The van der Waals surface area contributed by atoms with Crippen LogP contribution in [0.3, 0.4) is 0 Å². The molecule has 4 nitrogen and oxygen atoms in total. The Morgan fingerprint density at radius 2 is 2.15 bits per heavy atom. The minimum absolute atomic E-state index is 0.0160. The maximum absolute atomic E-state index is 12.1. The fourth-order valence-corrected chi connectivity index (χ4v) is 3.22. The van der Waals surface area contributed by atoms with E-state index in [2.05, 4.69) is 5.32 Å². The lowest BCUT2D eigenvalue weighted by molar-refractivity contribution is -0.127. The highest BCUT2D eigenvalue weighted by atomic mass is 16.5. The molecule has 0 spiro atoms. The number of nitrogens with one attached hydrogen (secondary N) is 1. The van der Waals surface area contributed by atoms with Crippen molar-refractivity contribution >= 4 is 5.91 Å². The van der Waals surface area contributed by atoms with Crippen molar-refractivity contribution in [1.82, 2.24) is 5.32 Å². The molecule has 1 aromatic rings. The van der Waals surface area contributed by atoms with Crippen molar-refractivity contribution in [3.05, 3.63) is 35.9 Å². The molecule has 0 radical (unpaired) electrons. The molecule has 108 valence electrons. The number of carbonyl (C=O) groups excluding carboxylic acids is 1. The summed E-state index contributed by atoms with van der Waals surface area (Å²) in [4.78, 5) is 12.1. The number of hydrogen-bond acceptors (Lipinski definition) is 3. The normalized spacial score (nSPS) is 29.4. The van der Waals surface area contributed by atoms with Crippen LogP contribution in [0.25, 0.3) is 0 Å². The SMILES string of the molecule is O=C(NCC(O)Cc1ccccc1)C1CC2CCC1O2. The molecule has 4 atom stereocenters. The summed E-state index contributed by atoms with van der Waals surface area (Å²) in [5, 5.41) is 12.8. The third-order valence-electron chi connectivity index (χ3n) is 4.27. The Hall–Kier alpha value is -1.39. The Morgan fingerprint density at radius 3 is 2.80 bits per heavy atom. The summed E-state index contributed by atoms with van der Waals surface area (Å²) in [5.41, 5.74) is 1.08. The van der Waals surface area contributed by atoms with E-state index in [1.165, 1.54) is 0 Å². The van der Waals surface area contributed by atoms with Crippen molar-refractivity contribution < 1.29 is 14.6 Å². The molecule has 0 aliphatic carbocycles.